The zero-order chi connectivity index (χ0) is 14.2. The number of aromatic hydroxyl groups is 1. The summed E-state index contributed by atoms with van der Waals surface area (Å²) in [6.45, 7) is 0. The fraction of sp³-hybridized carbons (Fsp3) is 0.167. The molecule has 0 fully saturated rings. The quantitative estimate of drug-likeness (QED) is 0.682. The van der Waals surface area contributed by atoms with Crippen molar-refractivity contribution in [3.05, 3.63) is 36.0 Å². The Kier molecular flexibility index (Phi) is 3.32. The Bertz CT molecular complexity index is 620. The SMILES string of the molecule is C[n+]1c(-c2ccccc2)sc(O)c1C(=O)C(F)(F)F. The van der Waals surface area contributed by atoms with Crippen LogP contribution < -0.4 is 4.57 Å². The first-order valence-electron chi connectivity index (χ1n) is 5.21. The first-order chi connectivity index (χ1) is 8.82. The number of nitrogens with zero attached hydrogens (tertiary/aromatic N) is 1. The van der Waals surface area contributed by atoms with Gasteiger partial charge >= 0.3 is 17.7 Å². The van der Waals surface area contributed by atoms with Crippen LogP contribution in [0.3, 0.4) is 0 Å². The van der Waals surface area contributed by atoms with Crippen molar-refractivity contribution < 1.29 is 27.6 Å². The van der Waals surface area contributed by atoms with Crippen molar-refractivity contribution in [2.45, 2.75) is 6.18 Å². The van der Waals surface area contributed by atoms with E-state index in [4.69, 9.17) is 0 Å². The fourth-order valence-electron chi connectivity index (χ4n) is 1.67. The summed E-state index contributed by atoms with van der Waals surface area (Å²) >= 11 is 0.736. The lowest BCUT2D eigenvalue weighted by Gasteiger charge is -2.01. The Hall–Kier alpha value is -1.89. The number of carbonyl (C=O) groups is 1. The molecule has 2 rings (SSSR count). The van der Waals surface area contributed by atoms with Gasteiger partial charge in [-0.1, -0.05) is 18.2 Å². The van der Waals surface area contributed by atoms with Crippen LogP contribution in [-0.4, -0.2) is 17.1 Å². The average molecular weight is 288 g/mol. The predicted octanol–water partition coefficient (Wildman–Crippen LogP) is 2.69. The van der Waals surface area contributed by atoms with Crippen LogP contribution in [0.5, 0.6) is 5.06 Å². The van der Waals surface area contributed by atoms with Crippen LogP contribution in [-0.2, 0) is 7.05 Å². The molecule has 0 saturated carbocycles. The van der Waals surface area contributed by atoms with Crippen LogP contribution in [0.4, 0.5) is 13.2 Å². The molecule has 0 bridgehead atoms. The van der Waals surface area contributed by atoms with Gasteiger partial charge in [0.1, 0.15) is 7.05 Å². The van der Waals surface area contributed by atoms with Gasteiger partial charge in [0.2, 0.25) is 0 Å². The predicted molar refractivity (Wildman–Crippen MR) is 63.0 cm³/mol. The maximum absolute atomic E-state index is 12.4. The summed E-state index contributed by atoms with van der Waals surface area (Å²) in [6.07, 6.45) is -5.01. The summed E-state index contributed by atoms with van der Waals surface area (Å²) in [5.74, 6) is -2.05. The zero-order valence-electron chi connectivity index (χ0n) is 9.73. The lowest BCUT2D eigenvalue weighted by atomic mass is 10.2. The van der Waals surface area contributed by atoms with Crippen LogP contribution >= 0.6 is 11.3 Å². The molecule has 0 amide bonds. The summed E-state index contributed by atoms with van der Waals surface area (Å²) in [4.78, 5) is 11.3. The summed E-state index contributed by atoms with van der Waals surface area (Å²) in [5, 5.41) is 9.33. The topological polar surface area (TPSA) is 41.2 Å². The van der Waals surface area contributed by atoms with Gasteiger partial charge in [-0.2, -0.15) is 17.7 Å². The van der Waals surface area contributed by atoms with Crippen LogP contribution in [0.1, 0.15) is 10.5 Å². The van der Waals surface area contributed by atoms with Gasteiger partial charge in [0.25, 0.3) is 10.1 Å². The lowest BCUT2D eigenvalue weighted by Crippen LogP contribution is -2.39. The highest BCUT2D eigenvalue weighted by molar-refractivity contribution is 7.16. The molecular formula is C12H9F3NO2S+. The third-order valence-corrected chi connectivity index (χ3v) is 3.62. The third kappa shape index (κ3) is 2.46. The highest BCUT2D eigenvalue weighted by Crippen LogP contribution is 2.34. The van der Waals surface area contributed by atoms with Crippen LogP contribution in [0, 0.1) is 0 Å². The molecule has 0 radical (unpaired) electrons. The molecule has 19 heavy (non-hydrogen) atoms. The maximum Gasteiger partial charge on any atom is 0.461 e. The fourth-order valence-corrected chi connectivity index (χ4v) is 2.66. The number of benzene rings is 1. The minimum atomic E-state index is -5.01. The van der Waals surface area contributed by atoms with E-state index in [-0.39, 0.29) is 0 Å². The van der Waals surface area contributed by atoms with Crippen LogP contribution in [0.15, 0.2) is 30.3 Å². The van der Waals surface area contributed by atoms with Crippen molar-refractivity contribution >= 4 is 17.1 Å². The van der Waals surface area contributed by atoms with Gasteiger partial charge in [0.05, 0.1) is 5.56 Å². The van der Waals surface area contributed by atoms with E-state index in [0.29, 0.717) is 10.6 Å². The summed E-state index contributed by atoms with van der Waals surface area (Å²) < 4.78 is 38.4. The highest BCUT2D eigenvalue weighted by Gasteiger charge is 2.48. The second kappa shape index (κ2) is 4.65. The van der Waals surface area contributed by atoms with Crippen molar-refractivity contribution in [1.29, 1.82) is 0 Å². The Morgan fingerprint density at radius 2 is 1.84 bits per heavy atom. The van der Waals surface area contributed by atoms with E-state index in [1.54, 1.807) is 30.3 Å². The number of thiazole rings is 1. The molecular weight excluding hydrogens is 279 g/mol. The summed E-state index contributed by atoms with van der Waals surface area (Å²) in [7, 11) is 1.32. The van der Waals surface area contributed by atoms with Gasteiger partial charge in [-0.15, -0.1) is 0 Å². The number of aromatic nitrogens is 1. The molecule has 0 atom stereocenters. The summed E-state index contributed by atoms with van der Waals surface area (Å²) in [6, 6.07) is 8.58. The number of hydrogen-bond acceptors (Lipinski definition) is 3. The normalized spacial score (nSPS) is 11.6. The summed E-state index contributed by atoms with van der Waals surface area (Å²) in [5.41, 5.74) is -0.108. The van der Waals surface area contributed by atoms with E-state index in [9.17, 15) is 23.1 Å². The number of halogens is 3. The lowest BCUT2D eigenvalue weighted by molar-refractivity contribution is -0.658. The van der Waals surface area contributed by atoms with E-state index in [1.165, 1.54) is 7.05 Å². The first-order valence-corrected chi connectivity index (χ1v) is 6.02. The first kappa shape index (κ1) is 13.5. The molecule has 1 aromatic carbocycles. The molecule has 1 heterocycles. The van der Waals surface area contributed by atoms with Crippen molar-refractivity contribution in [1.82, 2.24) is 0 Å². The molecule has 7 heteroatoms. The number of hydrogen-bond donors (Lipinski definition) is 1. The molecule has 0 unspecified atom stereocenters. The average Bonchev–Trinajstić information content (AvgIpc) is 2.64. The Morgan fingerprint density at radius 1 is 1.26 bits per heavy atom. The van der Waals surface area contributed by atoms with E-state index < -0.39 is 22.7 Å². The van der Waals surface area contributed by atoms with E-state index in [1.807, 2.05) is 0 Å². The number of Topliss-reactive ketones (excluding diaryl/α,β-unsaturated/α-hetero) is 1. The maximum atomic E-state index is 12.4. The molecule has 1 N–H and O–H groups in total. The minimum Gasteiger partial charge on any atom is -0.495 e. The van der Waals surface area contributed by atoms with Crippen molar-refractivity contribution in [2.24, 2.45) is 7.05 Å². The molecule has 0 aliphatic carbocycles. The molecule has 100 valence electrons. The molecule has 2 aromatic rings. The largest absolute Gasteiger partial charge is 0.495 e. The smallest absolute Gasteiger partial charge is 0.461 e. The van der Waals surface area contributed by atoms with E-state index >= 15 is 0 Å². The Morgan fingerprint density at radius 3 is 2.37 bits per heavy atom. The molecule has 0 aliphatic heterocycles. The van der Waals surface area contributed by atoms with Gasteiger partial charge in [0.15, 0.2) is 0 Å². The van der Waals surface area contributed by atoms with Gasteiger partial charge < -0.3 is 5.11 Å². The third-order valence-electron chi connectivity index (χ3n) is 2.53. The van der Waals surface area contributed by atoms with E-state index in [0.717, 1.165) is 15.9 Å². The van der Waals surface area contributed by atoms with Gasteiger partial charge in [-0.25, -0.2) is 0 Å². The monoisotopic (exact) mass is 288 g/mol. The van der Waals surface area contributed by atoms with Crippen LogP contribution in [0.2, 0.25) is 0 Å². The van der Waals surface area contributed by atoms with Gasteiger partial charge in [-0.3, -0.25) is 4.79 Å². The van der Waals surface area contributed by atoms with E-state index in [2.05, 4.69) is 0 Å². The number of rotatable bonds is 2. The zero-order valence-corrected chi connectivity index (χ0v) is 10.5. The number of carbonyl (C=O) groups excluding carboxylic acids is 1. The molecule has 0 saturated heterocycles. The Balaban J connectivity index is 2.56. The second-order valence-corrected chi connectivity index (χ2v) is 4.79. The van der Waals surface area contributed by atoms with Crippen molar-refractivity contribution in [3.8, 4) is 15.6 Å². The minimum absolute atomic E-state index is 0.380. The molecule has 1 aromatic heterocycles. The highest BCUT2D eigenvalue weighted by atomic mass is 32.1. The Labute approximate surface area is 110 Å². The van der Waals surface area contributed by atoms with Gasteiger partial charge in [0, 0.05) is 0 Å². The molecule has 0 spiro atoms. The molecule has 0 aliphatic rings. The van der Waals surface area contributed by atoms with Crippen LogP contribution in [0.25, 0.3) is 10.6 Å². The van der Waals surface area contributed by atoms with Crippen molar-refractivity contribution in [2.75, 3.05) is 0 Å². The van der Waals surface area contributed by atoms with Crippen molar-refractivity contribution in [3.63, 3.8) is 0 Å². The number of ketones is 1. The van der Waals surface area contributed by atoms with Gasteiger partial charge in [-0.05, 0) is 23.5 Å². The second-order valence-electron chi connectivity index (χ2n) is 3.81. The molecule has 3 nitrogen and oxygen atoms in total. The standard InChI is InChI=1S/C12H8F3NO2S/c1-16-8(9(17)12(13,14)15)11(18)19-10(16)7-5-3-2-4-6-7/h2-6H,1H3/p+1. The number of alkyl halides is 3.